The zero-order chi connectivity index (χ0) is 14.8. The number of nitrogens with zero attached hydrogens (tertiary/aromatic N) is 2. The maximum atomic E-state index is 12.2. The van der Waals surface area contributed by atoms with E-state index in [0.29, 0.717) is 19.6 Å². The Hall–Kier alpha value is -0.660. The number of hydrogen-bond donors (Lipinski definition) is 1. The van der Waals surface area contributed by atoms with E-state index in [0.717, 1.165) is 6.42 Å². The smallest absolute Gasteiger partial charge is 0.239 e. The molecule has 1 rings (SSSR count). The third-order valence-corrected chi connectivity index (χ3v) is 5.24. The summed E-state index contributed by atoms with van der Waals surface area (Å²) in [6.07, 6.45) is 2.05. The van der Waals surface area contributed by atoms with Gasteiger partial charge in [0.2, 0.25) is 15.9 Å². The molecule has 0 spiro atoms. The molecule has 0 aliphatic carbocycles. The molecule has 2 unspecified atom stereocenters. The lowest BCUT2D eigenvalue weighted by molar-refractivity contribution is -0.135. The lowest BCUT2D eigenvalue weighted by Gasteiger charge is -2.39. The van der Waals surface area contributed by atoms with Crippen molar-refractivity contribution in [3.8, 4) is 0 Å². The minimum absolute atomic E-state index is 0.0747. The van der Waals surface area contributed by atoms with Crippen LogP contribution in [0.15, 0.2) is 0 Å². The molecule has 0 aromatic heterocycles. The molecule has 112 valence electrons. The van der Waals surface area contributed by atoms with Crippen LogP contribution in [0.3, 0.4) is 0 Å². The number of carbonyl (C=O) groups excluding carboxylic acids is 1. The van der Waals surface area contributed by atoms with Crippen LogP contribution in [0.5, 0.6) is 0 Å². The second-order valence-corrected chi connectivity index (χ2v) is 7.35. The van der Waals surface area contributed by atoms with Crippen LogP contribution in [0, 0.1) is 5.92 Å². The van der Waals surface area contributed by atoms with Gasteiger partial charge in [-0.1, -0.05) is 20.3 Å². The quantitative estimate of drug-likeness (QED) is 0.781. The minimum atomic E-state index is -3.20. The Morgan fingerprint density at radius 3 is 2.42 bits per heavy atom. The number of amides is 1. The summed E-state index contributed by atoms with van der Waals surface area (Å²) in [6, 6.07) is -0.696. The highest BCUT2D eigenvalue weighted by Gasteiger charge is 2.34. The highest BCUT2D eigenvalue weighted by molar-refractivity contribution is 7.88. The fraction of sp³-hybridized carbons (Fsp3) is 0.917. The average molecular weight is 291 g/mol. The van der Waals surface area contributed by atoms with Crippen LogP contribution in [0.2, 0.25) is 0 Å². The largest absolute Gasteiger partial charge is 0.338 e. The SMILES string of the molecule is CCC(C)C(N)C(=O)N1CCN(S(C)(=O)=O)[C@@H](C)C1. The van der Waals surface area contributed by atoms with E-state index in [9.17, 15) is 13.2 Å². The molecular weight excluding hydrogens is 266 g/mol. The second kappa shape index (κ2) is 6.19. The third kappa shape index (κ3) is 3.90. The lowest BCUT2D eigenvalue weighted by Crippen LogP contribution is -2.58. The standard InChI is InChI=1S/C12H25N3O3S/c1-5-9(2)11(13)12(16)14-6-7-15(10(3)8-14)19(4,17)18/h9-11H,5-8,13H2,1-4H3/t9?,10-,11?/m0/s1. The first-order valence-electron chi connectivity index (χ1n) is 6.69. The Kier molecular flexibility index (Phi) is 5.34. The van der Waals surface area contributed by atoms with Crippen LogP contribution >= 0.6 is 0 Å². The van der Waals surface area contributed by atoms with Crippen LogP contribution in [0.4, 0.5) is 0 Å². The van der Waals surface area contributed by atoms with Crippen molar-refractivity contribution in [3.05, 3.63) is 0 Å². The normalized spacial score (nSPS) is 25.1. The summed E-state index contributed by atoms with van der Waals surface area (Å²) in [6.45, 7) is 6.95. The molecule has 0 radical (unpaired) electrons. The summed E-state index contributed by atoms with van der Waals surface area (Å²) in [4.78, 5) is 13.9. The summed E-state index contributed by atoms with van der Waals surface area (Å²) >= 11 is 0. The van der Waals surface area contributed by atoms with Crippen LogP contribution < -0.4 is 5.73 Å². The van der Waals surface area contributed by atoms with E-state index in [4.69, 9.17) is 5.73 Å². The second-order valence-electron chi connectivity index (χ2n) is 5.42. The maximum absolute atomic E-state index is 12.2. The van der Waals surface area contributed by atoms with Crippen molar-refractivity contribution in [2.45, 2.75) is 39.3 Å². The van der Waals surface area contributed by atoms with E-state index in [1.54, 1.807) is 4.90 Å². The van der Waals surface area contributed by atoms with E-state index >= 15 is 0 Å². The molecule has 1 fully saturated rings. The number of rotatable bonds is 4. The molecule has 1 aliphatic rings. The fourth-order valence-electron chi connectivity index (χ4n) is 2.34. The van der Waals surface area contributed by atoms with Crippen molar-refractivity contribution in [2.24, 2.45) is 11.7 Å². The van der Waals surface area contributed by atoms with Gasteiger partial charge in [0.05, 0.1) is 12.3 Å². The minimum Gasteiger partial charge on any atom is -0.338 e. The average Bonchev–Trinajstić information content (AvgIpc) is 2.34. The van der Waals surface area contributed by atoms with Gasteiger partial charge >= 0.3 is 0 Å². The first-order valence-corrected chi connectivity index (χ1v) is 8.54. The summed E-state index contributed by atoms with van der Waals surface area (Å²) in [5.41, 5.74) is 5.94. The van der Waals surface area contributed by atoms with Crippen LogP contribution in [-0.2, 0) is 14.8 Å². The molecule has 6 nitrogen and oxygen atoms in total. The summed E-state index contributed by atoms with van der Waals surface area (Å²) in [5.74, 6) is 0.0603. The van der Waals surface area contributed by atoms with Crippen molar-refractivity contribution >= 4 is 15.9 Å². The van der Waals surface area contributed by atoms with Crippen molar-refractivity contribution < 1.29 is 13.2 Å². The zero-order valence-electron chi connectivity index (χ0n) is 12.2. The summed E-state index contributed by atoms with van der Waals surface area (Å²) < 4.78 is 24.6. The van der Waals surface area contributed by atoms with Gasteiger partial charge in [0.25, 0.3) is 0 Å². The topological polar surface area (TPSA) is 83.7 Å². The third-order valence-electron chi connectivity index (χ3n) is 3.85. The molecule has 0 bridgehead atoms. The van der Waals surface area contributed by atoms with Crippen LogP contribution in [-0.4, -0.2) is 61.5 Å². The molecule has 3 atom stereocenters. The van der Waals surface area contributed by atoms with Crippen molar-refractivity contribution in [1.29, 1.82) is 0 Å². The number of piperazine rings is 1. The van der Waals surface area contributed by atoms with E-state index in [1.807, 2.05) is 20.8 Å². The number of carbonyl (C=O) groups is 1. The molecule has 7 heteroatoms. The summed E-state index contributed by atoms with van der Waals surface area (Å²) in [5, 5.41) is 0. The Bertz CT molecular complexity index is 424. The van der Waals surface area contributed by atoms with E-state index in [-0.39, 0.29) is 17.9 Å². The van der Waals surface area contributed by atoms with Crippen molar-refractivity contribution in [3.63, 3.8) is 0 Å². The first kappa shape index (κ1) is 16.4. The number of hydrogen-bond acceptors (Lipinski definition) is 4. The molecule has 0 saturated carbocycles. The summed E-state index contributed by atoms with van der Waals surface area (Å²) in [7, 11) is -3.20. The van der Waals surface area contributed by atoms with E-state index in [2.05, 4.69) is 0 Å². The maximum Gasteiger partial charge on any atom is 0.239 e. The van der Waals surface area contributed by atoms with Crippen molar-refractivity contribution in [2.75, 3.05) is 25.9 Å². The predicted molar refractivity (Wildman–Crippen MR) is 75.0 cm³/mol. The first-order chi connectivity index (χ1) is 8.68. The van der Waals surface area contributed by atoms with Gasteiger partial charge in [-0.05, 0) is 12.8 Å². The molecule has 19 heavy (non-hydrogen) atoms. The fourth-order valence-corrected chi connectivity index (χ4v) is 3.48. The van der Waals surface area contributed by atoms with Gasteiger partial charge in [0.15, 0.2) is 0 Å². The van der Waals surface area contributed by atoms with Crippen molar-refractivity contribution in [1.82, 2.24) is 9.21 Å². The predicted octanol–water partition coefficient (Wildman–Crippen LogP) is -0.148. The lowest BCUT2D eigenvalue weighted by atomic mass is 9.98. The Labute approximate surface area is 116 Å². The van der Waals surface area contributed by atoms with E-state index < -0.39 is 16.1 Å². The van der Waals surface area contributed by atoms with Gasteiger partial charge in [-0.2, -0.15) is 4.31 Å². The van der Waals surface area contributed by atoms with Gasteiger partial charge < -0.3 is 10.6 Å². The molecular formula is C12H25N3O3S. The highest BCUT2D eigenvalue weighted by Crippen LogP contribution is 2.16. The monoisotopic (exact) mass is 291 g/mol. The van der Waals surface area contributed by atoms with Gasteiger partial charge in [-0.25, -0.2) is 8.42 Å². The molecule has 0 aromatic carbocycles. The van der Waals surface area contributed by atoms with Crippen LogP contribution in [0.25, 0.3) is 0 Å². The number of sulfonamides is 1. The molecule has 0 aromatic rings. The Morgan fingerprint density at radius 1 is 1.42 bits per heavy atom. The molecule has 1 amide bonds. The van der Waals surface area contributed by atoms with Gasteiger partial charge in [-0.15, -0.1) is 0 Å². The van der Waals surface area contributed by atoms with Gasteiger partial charge in [-0.3, -0.25) is 4.79 Å². The molecule has 1 heterocycles. The van der Waals surface area contributed by atoms with Gasteiger partial charge in [0, 0.05) is 25.7 Å². The molecule has 1 aliphatic heterocycles. The number of nitrogens with two attached hydrogens (primary N) is 1. The van der Waals surface area contributed by atoms with Crippen LogP contribution in [0.1, 0.15) is 27.2 Å². The van der Waals surface area contributed by atoms with Gasteiger partial charge in [0.1, 0.15) is 0 Å². The Balaban J connectivity index is 2.69. The molecule has 2 N–H and O–H groups in total. The zero-order valence-corrected chi connectivity index (χ0v) is 13.0. The Morgan fingerprint density at radius 2 is 2.00 bits per heavy atom. The highest BCUT2D eigenvalue weighted by atomic mass is 32.2. The van der Waals surface area contributed by atoms with E-state index in [1.165, 1.54) is 10.6 Å². The molecule has 1 saturated heterocycles.